The minimum atomic E-state index is -3.33. The van der Waals surface area contributed by atoms with Crippen LogP contribution in [-0.2, 0) is 9.84 Å². The molecule has 0 saturated carbocycles. The van der Waals surface area contributed by atoms with Crippen LogP contribution in [0, 0.1) is 0 Å². The van der Waals surface area contributed by atoms with Gasteiger partial charge in [0.25, 0.3) is 0 Å². The Morgan fingerprint density at radius 2 is 1.44 bits per heavy atom. The van der Waals surface area contributed by atoms with Gasteiger partial charge in [0, 0.05) is 23.2 Å². The molecule has 0 unspecified atom stereocenters. The fraction of sp³-hybridized carbons (Fsp3) is 0.538. The second kappa shape index (κ2) is 4.80. The van der Waals surface area contributed by atoms with Crippen molar-refractivity contribution < 1.29 is 8.42 Å². The number of rotatable bonds is 3. The molecule has 0 saturated heterocycles. The summed E-state index contributed by atoms with van der Waals surface area (Å²) in [5.74, 6) is 0.198. The monoisotopic (exact) mass is 270 g/mol. The van der Waals surface area contributed by atoms with Crippen LogP contribution < -0.4 is 11.5 Å². The summed E-state index contributed by atoms with van der Waals surface area (Å²) in [5.41, 5.74) is 14.6. The van der Waals surface area contributed by atoms with Crippen LogP contribution in [0.15, 0.2) is 11.0 Å². The van der Waals surface area contributed by atoms with Crippen molar-refractivity contribution in [3.63, 3.8) is 0 Å². The molecular formula is C13H22N2O2S. The zero-order valence-corrected chi connectivity index (χ0v) is 12.4. The van der Waals surface area contributed by atoms with Crippen molar-refractivity contribution in [2.24, 2.45) is 0 Å². The molecule has 4 nitrogen and oxygen atoms in total. The van der Waals surface area contributed by atoms with Gasteiger partial charge >= 0.3 is 0 Å². The van der Waals surface area contributed by atoms with Crippen molar-refractivity contribution in [3.05, 3.63) is 17.2 Å². The molecule has 0 aromatic heterocycles. The average molecular weight is 270 g/mol. The van der Waals surface area contributed by atoms with E-state index in [0.29, 0.717) is 16.9 Å². The van der Waals surface area contributed by atoms with Gasteiger partial charge in [0.05, 0.1) is 4.90 Å². The molecule has 0 bridgehead atoms. The third-order valence-electron chi connectivity index (χ3n) is 3.00. The largest absolute Gasteiger partial charge is 0.398 e. The molecule has 0 amide bonds. The first-order chi connectivity index (χ1) is 8.07. The average Bonchev–Trinajstić information content (AvgIpc) is 2.13. The Morgan fingerprint density at radius 3 is 1.78 bits per heavy atom. The van der Waals surface area contributed by atoms with Gasteiger partial charge in [0.2, 0.25) is 0 Å². The van der Waals surface area contributed by atoms with Gasteiger partial charge in [0.1, 0.15) is 0 Å². The highest BCUT2D eigenvalue weighted by atomic mass is 32.2. The van der Waals surface area contributed by atoms with E-state index in [1.807, 2.05) is 27.7 Å². The smallest absolute Gasteiger partial charge is 0.175 e. The van der Waals surface area contributed by atoms with Crippen LogP contribution in [0.25, 0.3) is 0 Å². The van der Waals surface area contributed by atoms with Crippen molar-refractivity contribution in [2.75, 3.05) is 17.7 Å². The third kappa shape index (κ3) is 2.61. The Morgan fingerprint density at radius 1 is 1.00 bits per heavy atom. The molecule has 0 radical (unpaired) electrons. The van der Waals surface area contributed by atoms with Gasteiger partial charge in [-0.15, -0.1) is 0 Å². The molecule has 1 rings (SSSR count). The molecule has 102 valence electrons. The lowest BCUT2D eigenvalue weighted by Gasteiger charge is -2.21. The van der Waals surface area contributed by atoms with Crippen LogP contribution in [0.4, 0.5) is 11.4 Å². The molecule has 0 fully saturated rings. The van der Waals surface area contributed by atoms with Crippen molar-refractivity contribution >= 4 is 21.2 Å². The van der Waals surface area contributed by atoms with Crippen molar-refractivity contribution in [1.82, 2.24) is 0 Å². The van der Waals surface area contributed by atoms with Crippen LogP contribution in [0.5, 0.6) is 0 Å². The molecule has 1 aromatic rings. The fourth-order valence-corrected chi connectivity index (χ4v) is 3.36. The van der Waals surface area contributed by atoms with Gasteiger partial charge in [-0.3, -0.25) is 0 Å². The Labute approximate surface area is 109 Å². The molecule has 0 aliphatic carbocycles. The predicted octanol–water partition coefficient (Wildman–Crippen LogP) is 2.50. The third-order valence-corrected chi connectivity index (χ3v) is 4.13. The number of anilines is 2. The Kier molecular flexibility index (Phi) is 3.96. The van der Waals surface area contributed by atoms with E-state index in [4.69, 9.17) is 11.5 Å². The van der Waals surface area contributed by atoms with Gasteiger partial charge < -0.3 is 11.5 Å². The first kappa shape index (κ1) is 14.8. The van der Waals surface area contributed by atoms with Crippen molar-refractivity contribution in [2.45, 2.75) is 44.4 Å². The molecule has 1 aromatic carbocycles. The zero-order chi connectivity index (χ0) is 14.2. The van der Waals surface area contributed by atoms with E-state index in [1.165, 1.54) is 12.3 Å². The van der Waals surface area contributed by atoms with E-state index >= 15 is 0 Å². The van der Waals surface area contributed by atoms with Crippen LogP contribution in [-0.4, -0.2) is 14.7 Å². The van der Waals surface area contributed by atoms with Gasteiger partial charge in [-0.05, 0) is 23.5 Å². The van der Waals surface area contributed by atoms with E-state index in [0.717, 1.165) is 5.56 Å². The lowest BCUT2D eigenvalue weighted by atomic mass is 9.91. The molecule has 0 atom stereocenters. The molecular weight excluding hydrogens is 248 g/mol. The number of hydrogen-bond acceptors (Lipinski definition) is 4. The Balaban J connectivity index is 3.79. The van der Waals surface area contributed by atoms with E-state index in [-0.39, 0.29) is 16.7 Å². The Bertz CT molecular complexity index is 561. The summed E-state index contributed by atoms with van der Waals surface area (Å²) in [4.78, 5) is 0.247. The standard InChI is InChI=1S/C13H22N2O2S/c1-7(2)11-9(14)6-10(18(5,16)17)12(8(3)4)13(11)15/h6-8H,14-15H2,1-5H3. The van der Waals surface area contributed by atoms with E-state index in [2.05, 4.69) is 0 Å². The van der Waals surface area contributed by atoms with Crippen molar-refractivity contribution in [1.29, 1.82) is 0 Å². The maximum Gasteiger partial charge on any atom is 0.175 e. The lowest BCUT2D eigenvalue weighted by molar-refractivity contribution is 0.599. The summed E-state index contributed by atoms with van der Waals surface area (Å²) in [5, 5.41) is 0. The summed E-state index contributed by atoms with van der Waals surface area (Å²) >= 11 is 0. The van der Waals surface area contributed by atoms with E-state index in [1.54, 1.807) is 0 Å². The normalized spacial score (nSPS) is 12.4. The fourth-order valence-electron chi connectivity index (χ4n) is 2.28. The Hall–Kier alpha value is -1.23. The summed E-state index contributed by atoms with van der Waals surface area (Å²) in [6.45, 7) is 7.85. The van der Waals surface area contributed by atoms with Crippen LogP contribution in [0.2, 0.25) is 0 Å². The summed E-state index contributed by atoms with van der Waals surface area (Å²) in [6, 6.07) is 1.54. The highest BCUT2D eigenvalue weighted by Crippen LogP contribution is 2.38. The SMILES string of the molecule is CC(C)c1c(N)cc(S(C)(=O)=O)c(C(C)C)c1N. The lowest BCUT2D eigenvalue weighted by Crippen LogP contribution is -2.12. The molecule has 4 N–H and O–H groups in total. The van der Waals surface area contributed by atoms with Crippen LogP contribution in [0.3, 0.4) is 0 Å². The molecule has 18 heavy (non-hydrogen) atoms. The first-order valence-electron chi connectivity index (χ1n) is 5.99. The zero-order valence-electron chi connectivity index (χ0n) is 11.6. The number of nitrogen functional groups attached to an aromatic ring is 2. The predicted molar refractivity (Wildman–Crippen MR) is 76.6 cm³/mol. The first-order valence-corrected chi connectivity index (χ1v) is 7.88. The molecule has 0 heterocycles. The number of benzene rings is 1. The van der Waals surface area contributed by atoms with Crippen LogP contribution in [0.1, 0.15) is 50.7 Å². The highest BCUT2D eigenvalue weighted by molar-refractivity contribution is 7.90. The molecule has 0 spiro atoms. The number of nitrogens with two attached hydrogens (primary N) is 2. The second-order valence-electron chi connectivity index (χ2n) is 5.29. The maximum atomic E-state index is 11.8. The maximum absolute atomic E-state index is 11.8. The summed E-state index contributed by atoms with van der Waals surface area (Å²) in [6.07, 6.45) is 1.18. The van der Waals surface area contributed by atoms with Crippen molar-refractivity contribution in [3.8, 4) is 0 Å². The minimum absolute atomic E-state index is 0.0350. The number of hydrogen-bond donors (Lipinski definition) is 2. The quantitative estimate of drug-likeness (QED) is 0.826. The van der Waals surface area contributed by atoms with Gasteiger partial charge in [-0.1, -0.05) is 27.7 Å². The van der Waals surface area contributed by atoms with Gasteiger partial charge in [-0.25, -0.2) is 8.42 Å². The van der Waals surface area contributed by atoms with E-state index < -0.39 is 9.84 Å². The van der Waals surface area contributed by atoms with Crippen LogP contribution >= 0.6 is 0 Å². The minimum Gasteiger partial charge on any atom is -0.398 e. The summed E-state index contributed by atoms with van der Waals surface area (Å²) in [7, 11) is -3.33. The van der Waals surface area contributed by atoms with Gasteiger partial charge in [-0.2, -0.15) is 0 Å². The van der Waals surface area contributed by atoms with Gasteiger partial charge in [0.15, 0.2) is 9.84 Å². The molecule has 0 aliphatic rings. The second-order valence-corrected chi connectivity index (χ2v) is 7.27. The molecule has 0 aliphatic heterocycles. The topological polar surface area (TPSA) is 86.2 Å². The summed E-state index contributed by atoms with van der Waals surface area (Å²) < 4.78 is 23.7. The van der Waals surface area contributed by atoms with E-state index in [9.17, 15) is 8.42 Å². The highest BCUT2D eigenvalue weighted by Gasteiger charge is 2.23. The number of sulfone groups is 1. The molecule has 5 heteroatoms.